The maximum Gasteiger partial charge on any atom is 0.290 e. The monoisotopic (exact) mass is 330 g/mol. The molecule has 0 N–H and O–H groups in total. The van der Waals surface area contributed by atoms with E-state index in [0.717, 1.165) is 22.8 Å². The van der Waals surface area contributed by atoms with Crippen molar-refractivity contribution in [1.29, 1.82) is 0 Å². The first kappa shape index (κ1) is 15.1. The molecule has 7 heteroatoms. The predicted molar refractivity (Wildman–Crippen MR) is 87.1 cm³/mol. The average molecular weight is 330 g/mol. The van der Waals surface area contributed by atoms with Crippen molar-refractivity contribution < 1.29 is 13.9 Å². The van der Waals surface area contributed by atoms with Crippen LogP contribution in [0.4, 0.5) is 10.1 Å². The minimum Gasteiger partial charge on any atom is -0.378 e. The van der Waals surface area contributed by atoms with Gasteiger partial charge in [-0.1, -0.05) is 0 Å². The summed E-state index contributed by atoms with van der Waals surface area (Å²) in [6, 6.07) is 4.62. The van der Waals surface area contributed by atoms with Crippen LogP contribution in [0.3, 0.4) is 0 Å². The van der Waals surface area contributed by atoms with E-state index in [4.69, 9.17) is 4.74 Å². The van der Waals surface area contributed by atoms with Gasteiger partial charge in [-0.3, -0.25) is 9.36 Å². The molecule has 1 saturated heterocycles. The van der Waals surface area contributed by atoms with Gasteiger partial charge in [0.15, 0.2) is 0 Å². The lowest BCUT2D eigenvalue weighted by Crippen LogP contribution is -2.42. The first-order chi connectivity index (χ1) is 11.6. The lowest BCUT2D eigenvalue weighted by Gasteiger charge is -2.31. The summed E-state index contributed by atoms with van der Waals surface area (Å²) >= 11 is 0. The predicted octanol–water partition coefficient (Wildman–Crippen LogP) is 1.74. The molecule has 126 valence electrons. The van der Waals surface area contributed by atoms with Gasteiger partial charge in [0.2, 0.25) is 5.82 Å². The van der Waals surface area contributed by atoms with E-state index < -0.39 is 0 Å². The quantitative estimate of drug-likeness (QED) is 0.799. The Balaban J connectivity index is 1.84. The molecule has 1 amide bonds. The molecule has 0 bridgehead atoms. The fourth-order valence-corrected chi connectivity index (χ4v) is 3.36. The van der Waals surface area contributed by atoms with Crippen LogP contribution in [0.25, 0.3) is 5.69 Å². The van der Waals surface area contributed by atoms with Crippen LogP contribution in [-0.4, -0.2) is 53.7 Å². The number of rotatable bonds is 1. The first-order valence-electron chi connectivity index (χ1n) is 8.02. The van der Waals surface area contributed by atoms with Crippen molar-refractivity contribution in [3.63, 3.8) is 0 Å². The normalized spacial score (nSPS) is 16.8. The highest BCUT2D eigenvalue weighted by Gasteiger charge is 2.31. The fraction of sp³-hybridized carbons (Fsp3) is 0.412. The number of ether oxygens (including phenoxy) is 1. The summed E-state index contributed by atoms with van der Waals surface area (Å²) in [7, 11) is 1.91. The van der Waals surface area contributed by atoms with Crippen LogP contribution in [0.1, 0.15) is 22.0 Å². The highest BCUT2D eigenvalue weighted by Crippen LogP contribution is 2.34. The van der Waals surface area contributed by atoms with Crippen LogP contribution in [-0.2, 0) is 11.3 Å². The molecular weight excluding hydrogens is 311 g/mol. The number of morpholine rings is 1. The molecule has 2 aromatic rings. The molecular formula is C17H19FN4O2. The van der Waals surface area contributed by atoms with Crippen LogP contribution in [0.5, 0.6) is 0 Å². The number of hydrogen-bond donors (Lipinski definition) is 0. The molecule has 6 nitrogen and oxygen atoms in total. The SMILES string of the molecule is Cc1nc(C(=O)N2CCOCC2)n2c1CN(C)c1cc(F)ccc1-2. The average Bonchev–Trinajstić information content (AvgIpc) is 2.92. The summed E-state index contributed by atoms with van der Waals surface area (Å²) in [5.74, 6) is -0.000204. The van der Waals surface area contributed by atoms with Gasteiger partial charge >= 0.3 is 0 Å². The molecule has 1 aromatic heterocycles. The van der Waals surface area contributed by atoms with E-state index >= 15 is 0 Å². The molecule has 0 saturated carbocycles. The van der Waals surface area contributed by atoms with E-state index in [1.165, 1.54) is 12.1 Å². The maximum atomic E-state index is 13.7. The molecule has 0 unspecified atom stereocenters. The highest BCUT2D eigenvalue weighted by atomic mass is 19.1. The van der Waals surface area contributed by atoms with E-state index in [0.29, 0.717) is 38.7 Å². The van der Waals surface area contributed by atoms with E-state index in [-0.39, 0.29) is 11.7 Å². The number of carbonyl (C=O) groups is 1. The second kappa shape index (κ2) is 5.59. The molecule has 1 fully saturated rings. The lowest BCUT2D eigenvalue weighted by atomic mass is 10.1. The number of halogens is 1. The zero-order chi connectivity index (χ0) is 16.8. The standard InChI is InChI=1S/C17H19FN4O2/c1-11-15-10-20(2)14-9-12(18)3-4-13(14)22(15)16(19-11)17(23)21-5-7-24-8-6-21/h3-4,9H,5-8,10H2,1-2H3. The van der Waals surface area contributed by atoms with Crippen molar-refractivity contribution >= 4 is 11.6 Å². The Kier molecular flexibility index (Phi) is 3.53. The third-order valence-electron chi connectivity index (χ3n) is 4.64. The molecule has 1 aromatic carbocycles. The Morgan fingerprint density at radius 2 is 2.00 bits per heavy atom. The second-order valence-electron chi connectivity index (χ2n) is 6.20. The number of nitrogens with zero attached hydrogens (tertiary/aromatic N) is 4. The van der Waals surface area contributed by atoms with E-state index in [9.17, 15) is 9.18 Å². The van der Waals surface area contributed by atoms with Crippen LogP contribution >= 0.6 is 0 Å². The Bertz CT molecular complexity index is 811. The molecule has 3 heterocycles. The number of fused-ring (bicyclic) bond motifs is 3. The Hall–Kier alpha value is -2.41. The largest absolute Gasteiger partial charge is 0.378 e. The molecule has 4 rings (SSSR count). The lowest BCUT2D eigenvalue weighted by molar-refractivity contribution is 0.0293. The summed E-state index contributed by atoms with van der Waals surface area (Å²) in [6.45, 7) is 4.72. The zero-order valence-corrected chi connectivity index (χ0v) is 13.8. The van der Waals surface area contributed by atoms with Gasteiger partial charge in [0.1, 0.15) is 5.82 Å². The highest BCUT2D eigenvalue weighted by molar-refractivity contribution is 5.92. The number of aromatic nitrogens is 2. The van der Waals surface area contributed by atoms with Crippen molar-refractivity contribution in [3.05, 3.63) is 41.2 Å². The minimum absolute atomic E-state index is 0.104. The van der Waals surface area contributed by atoms with E-state index in [2.05, 4.69) is 4.98 Å². The van der Waals surface area contributed by atoms with Crippen LogP contribution in [0.2, 0.25) is 0 Å². The topological polar surface area (TPSA) is 50.6 Å². The molecule has 0 atom stereocenters. The third kappa shape index (κ3) is 2.27. The van der Waals surface area contributed by atoms with Crippen molar-refractivity contribution in [2.24, 2.45) is 0 Å². The number of hydrogen-bond acceptors (Lipinski definition) is 4. The van der Waals surface area contributed by atoms with Crippen molar-refractivity contribution in [1.82, 2.24) is 14.5 Å². The van der Waals surface area contributed by atoms with Crippen molar-refractivity contribution in [2.45, 2.75) is 13.5 Å². The Morgan fingerprint density at radius 3 is 2.75 bits per heavy atom. The fourth-order valence-electron chi connectivity index (χ4n) is 3.36. The molecule has 24 heavy (non-hydrogen) atoms. The summed E-state index contributed by atoms with van der Waals surface area (Å²) < 4.78 is 20.9. The smallest absolute Gasteiger partial charge is 0.290 e. The summed E-state index contributed by atoms with van der Waals surface area (Å²) in [4.78, 5) is 21.2. The van der Waals surface area contributed by atoms with Crippen LogP contribution in [0, 0.1) is 12.7 Å². The zero-order valence-electron chi connectivity index (χ0n) is 13.8. The third-order valence-corrected chi connectivity index (χ3v) is 4.64. The molecule has 2 aliphatic rings. The maximum absolute atomic E-state index is 13.7. The van der Waals surface area contributed by atoms with Gasteiger partial charge in [0, 0.05) is 20.1 Å². The van der Waals surface area contributed by atoms with Gasteiger partial charge in [-0.15, -0.1) is 0 Å². The van der Waals surface area contributed by atoms with Gasteiger partial charge in [0.25, 0.3) is 5.91 Å². The number of amides is 1. The van der Waals surface area contributed by atoms with Gasteiger partial charge < -0.3 is 14.5 Å². The van der Waals surface area contributed by atoms with Gasteiger partial charge in [-0.2, -0.15) is 0 Å². The van der Waals surface area contributed by atoms with Crippen LogP contribution in [0.15, 0.2) is 18.2 Å². The first-order valence-corrected chi connectivity index (χ1v) is 8.02. The molecule has 0 aliphatic carbocycles. The molecule has 0 spiro atoms. The van der Waals surface area contributed by atoms with Crippen molar-refractivity contribution in [3.8, 4) is 5.69 Å². The summed E-state index contributed by atoms with van der Waals surface area (Å²) in [6.07, 6.45) is 0. The number of imidazole rings is 1. The summed E-state index contributed by atoms with van der Waals surface area (Å²) in [5, 5.41) is 0. The molecule has 0 radical (unpaired) electrons. The second-order valence-corrected chi connectivity index (χ2v) is 6.20. The van der Waals surface area contributed by atoms with Gasteiger partial charge in [-0.25, -0.2) is 9.37 Å². The number of anilines is 1. The van der Waals surface area contributed by atoms with Crippen molar-refractivity contribution in [2.75, 3.05) is 38.3 Å². The van der Waals surface area contributed by atoms with Crippen LogP contribution < -0.4 is 4.90 Å². The number of aryl methyl sites for hydroxylation is 1. The number of benzene rings is 1. The van der Waals surface area contributed by atoms with Gasteiger partial charge in [0.05, 0.1) is 42.5 Å². The Morgan fingerprint density at radius 1 is 1.25 bits per heavy atom. The van der Waals surface area contributed by atoms with Gasteiger partial charge in [-0.05, 0) is 25.1 Å². The Labute approximate surface area is 139 Å². The number of carbonyl (C=O) groups excluding carboxylic acids is 1. The van der Waals surface area contributed by atoms with E-state index in [1.807, 2.05) is 23.4 Å². The summed E-state index contributed by atoms with van der Waals surface area (Å²) in [5.41, 5.74) is 3.34. The molecule has 2 aliphatic heterocycles. The minimum atomic E-state index is -0.290. The van der Waals surface area contributed by atoms with E-state index in [1.54, 1.807) is 11.0 Å².